The number of carboxylic acids is 1. The molecule has 1 aromatic rings. The summed E-state index contributed by atoms with van der Waals surface area (Å²) in [5.74, 6) is -1.34. The van der Waals surface area contributed by atoms with E-state index in [0.29, 0.717) is 10.6 Å². The number of aryl methyl sites for hydroxylation is 1. The van der Waals surface area contributed by atoms with Gasteiger partial charge in [0.2, 0.25) is 0 Å². The van der Waals surface area contributed by atoms with Crippen LogP contribution in [0.2, 0.25) is 10.0 Å². The Morgan fingerprint density at radius 3 is 2.43 bits per heavy atom. The van der Waals surface area contributed by atoms with E-state index >= 15 is 0 Å². The van der Waals surface area contributed by atoms with Gasteiger partial charge in [0.25, 0.3) is 0 Å². The maximum Gasteiger partial charge on any atom is 0.337 e. The van der Waals surface area contributed by atoms with Gasteiger partial charge in [0.15, 0.2) is 6.10 Å². The molecule has 1 rings (SSSR count). The quantitative estimate of drug-likeness (QED) is 0.827. The molecule has 0 aromatic heterocycles. The number of hydrogen-bond acceptors (Lipinski definition) is 2. The van der Waals surface area contributed by atoms with Crippen LogP contribution in [0.15, 0.2) is 12.1 Å². The van der Waals surface area contributed by atoms with Crippen LogP contribution in [0, 0.1) is 6.92 Å². The molecule has 0 saturated heterocycles. The summed E-state index contributed by atoms with van der Waals surface area (Å²) in [5.41, 5.74) is 0.737. The third kappa shape index (κ3) is 2.18. The fourth-order valence-electron chi connectivity index (χ4n) is 1.18. The van der Waals surface area contributed by atoms with E-state index in [1.807, 2.05) is 0 Å². The highest BCUT2D eigenvalue weighted by atomic mass is 35.5. The van der Waals surface area contributed by atoms with Crippen molar-refractivity contribution < 1.29 is 15.0 Å². The Balaban J connectivity index is 3.27. The molecule has 0 aliphatic carbocycles. The number of halogens is 2. The van der Waals surface area contributed by atoms with E-state index in [4.69, 9.17) is 28.3 Å². The average Bonchev–Trinajstić information content (AvgIpc) is 2.01. The number of aliphatic hydroxyl groups excluding tert-OH is 1. The summed E-state index contributed by atoms with van der Waals surface area (Å²) in [7, 11) is 0. The molecule has 1 atom stereocenters. The molecule has 0 aliphatic rings. The zero-order valence-corrected chi connectivity index (χ0v) is 8.80. The van der Waals surface area contributed by atoms with Crippen molar-refractivity contribution in [3.05, 3.63) is 33.3 Å². The van der Waals surface area contributed by atoms with Crippen LogP contribution in [0.25, 0.3) is 0 Å². The molecular formula is C9H8Cl2O3. The molecule has 3 nitrogen and oxygen atoms in total. The summed E-state index contributed by atoms with van der Waals surface area (Å²) in [5, 5.41) is 18.5. The lowest BCUT2D eigenvalue weighted by Crippen LogP contribution is -2.12. The van der Waals surface area contributed by atoms with Crippen molar-refractivity contribution in [2.24, 2.45) is 0 Å². The second-order valence-corrected chi connectivity index (χ2v) is 3.70. The van der Waals surface area contributed by atoms with Gasteiger partial charge in [-0.1, -0.05) is 23.2 Å². The van der Waals surface area contributed by atoms with E-state index in [0.717, 1.165) is 0 Å². The Morgan fingerprint density at radius 2 is 2.00 bits per heavy atom. The van der Waals surface area contributed by atoms with E-state index in [1.165, 1.54) is 6.07 Å². The predicted molar refractivity (Wildman–Crippen MR) is 53.8 cm³/mol. The minimum atomic E-state index is -1.61. The number of rotatable bonds is 2. The molecule has 0 heterocycles. The van der Waals surface area contributed by atoms with E-state index in [2.05, 4.69) is 0 Å². The number of benzene rings is 1. The van der Waals surface area contributed by atoms with Crippen LogP contribution in [-0.2, 0) is 4.79 Å². The maximum absolute atomic E-state index is 10.5. The molecule has 14 heavy (non-hydrogen) atoms. The third-order valence-electron chi connectivity index (χ3n) is 1.81. The zero-order chi connectivity index (χ0) is 10.9. The number of carbonyl (C=O) groups is 1. The minimum absolute atomic E-state index is 0.157. The van der Waals surface area contributed by atoms with Crippen LogP contribution >= 0.6 is 23.2 Å². The summed E-state index contributed by atoms with van der Waals surface area (Å²) >= 11 is 11.5. The van der Waals surface area contributed by atoms with Crippen LogP contribution in [0.5, 0.6) is 0 Å². The Labute approximate surface area is 90.9 Å². The second kappa shape index (κ2) is 4.17. The summed E-state index contributed by atoms with van der Waals surface area (Å²) < 4.78 is 0. The van der Waals surface area contributed by atoms with Gasteiger partial charge in [-0.05, 0) is 24.6 Å². The molecular weight excluding hydrogens is 227 g/mol. The van der Waals surface area contributed by atoms with Crippen molar-refractivity contribution in [2.45, 2.75) is 13.0 Å². The molecule has 1 aromatic carbocycles. The monoisotopic (exact) mass is 234 g/mol. The highest BCUT2D eigenvalue weighted by Gasteiger charge is 2.21. The second-order valence-electron chi connectivity index (χ2n) is 2.86. The molecule has 76 valence electrons. The Kier molecular flexibility index (Phi) is 3.37. The number of aliphatic carboxylic acids is 1. The molecule has 1 unspecified atom stereocenters. The minimum Gasteiger partial charge on any atom is -0.479 e. The lowest BCUT2D eigenvalue weighted by Gasteiger charge is -2.11. The van der Waals surface area contributed by atoms with Crippen LogP contribution in [-0.4, -0.2) is 16.2 Å². The van der Waals surface area contributed by atoms with Gasteiger partial charge in [-0.2, -0.15) is 0 Å². The van der Waals surface area contributed by atoms with E-state index in [1.54, 1.807) is 13.0 Å². The SMILES string of the molecule is Cc1cc(Cl)cc(Cl)c1C(O)C(=O)O. The molecule has 0 saturated carbocycles. The zero-order valence-electron chi connectivity index (χ0n) is 7.29. The third-order valence-corrected chi connectivity index (χ3v) is 2.34. The molecule has 2 N–H and O–H groups in total. The van der Waals surface area contributed by atoms with E-state index < -0.39 is 12.1 Å². The first kappa shape index (κ1) is 11.3. The smallest absolute Gasteiger partial charge is 0.337 e. The van der Waals surface area contributed by atoms with Gasteiger partial charge in [0, 0.05) is 15.6 Å². The van der Waals surface area contributed by atoms with Gasteiger partial charge < -0.3 is 10.2 Å². The summed E-state index contributed by atoms with van der Waals surface area (Å²) in [4.78, 5) is 10.5. The van der Waals surface area contributed by atoms with Crippen molar-refractivity contribution in [3.8, 4) is 0 Å². The molecule has 5 heteroatoms. The molecule has 0 radical (unpaired) electrons. The van der Waals surface area contributed by atoms with Gasteiger partial charge in [-0.15, -0.1) is 0 Å². The standard InChI is InChI=1S/C9H8Cl2O3/c1-4-2-5(10)3-6(11)7(4)8(12)9(13)14/h2-3,8,12H,1H3,(H,13,14). The van der Waals surface area contributed by atoms with Crippen LogP contribution in [0.4, 0.5) is 0 Å². The van der Waals surface area contributed by atoms with Crippen molar-refractivity contribution >= 4 is 29.2 Å². The highest BCUT2D eigenvalue weighted by Crippen LogP contribution is 2.29. The molecule has 0 bridgehead atoms. The van der Waals surface area contributed by atoms with E-state index in [9.17, 15) is 9.90 Å². The molecule has 0 fully saturated rings. The van der Waals surface area contributed by atoms with Gasteiger partial charge >= 0.3 is 5.97 Å². The number of hydrogen-bond donors (Lipinski definition) is 2. The topological polar surface area (TPSA) is 57.5 Å². The summed E-state index contributed by atoms with van der Waals surface area (Å²) in [6.45, 7) is 1.64. The fourth-order valence-corrected chi connectivity index (χ4v) is 1.88. The van der Waals surface area contributed by atoms with Crippen LogP contribution < -0.4 is 0 Å². The largest absolute Gasteiger partial charge is 0.479 e. The Hall–Kier alpha value is -0.770. The summed E-state index contributed by atoms with van der Waals surface area (Å²) in [6, 6.07) is 2.95. The Morgan fingerprint density at radius 1 is 1.43 bits per heavy atom. The number of carboxylic acid groups (broad SMARTS) is 1. The summed E-state index contributed by atoms with van der Waals surface area (Å²) in [6.07, 6.45) is -1.61. The van der Waals surface area contributed by atoms with Crippen LogP contribution in [0.3, 0.4) is 0 Å². The van der Waals surface area contributed by atoms with E-state index in [-0.39, 0.29) is 10.6 Å². The van der Waals surface area contributed by atoms with Crippen molar-refractivity contribution in [1.82, 2.24) is 0 Å². The molecule has 0 spiro atoms. The van der Waals surface area contributed by atoms with Gasteiger partial charge in [0.1, 0.15) is 0 Å². The average molecular weight is 235 g/mol. The predicted octanol–water partition coefficient (Wildman–Crippen LogP) is 2.42. The first-order chi connectivity index (χ1) is 6.43. The van der Waals surface area contributed by atoms with Gasteiger partial charge in [-0.3, -0.25) is 0 Å². The van der Waals surface area contributed by atoms with Gasteiger partial charge in [0.05, 0.1) is 0 Å². The van der Waals surface area contributed by atoms with Crippen LogP contribution in [0.1, 0.15) is 17.2 Å². The van der Waals surface area contributed by atoms with Gasteiger partial charge in [-0.25, -0.2) is 4.79 Å². The van der Waals surface area contributed by atoms with Crippen molar-refractivity contribution in [2.75, 3.05) is 0 Å². The normalized spacial score (nSPS) is 12.6. The first-order valence-electron chi connectivity index (χ1n) is 3.80. The number of aliphatic hydroxyl groups is 1. The lowest BCUT2D eigenvalue weighted by molar-refractivity contribution is -0.147. The van der Waals surface area contributed by atoms with Crippen molar-refractivity contribution in [1.29, 1.82) is 0 Å². The molecule has 0 aliphatic heterocycles. The fraction of sp³-hybridized carbons (Fsp3) is 0.222. The maximum atomic E-state index is 10.5. The van der Waals surface area contributed by atoms with Crippen molar-refractivity contribution in [3.63, 3.8) is 0 Å². The Bertz CT molecular complexity index is 353. The highest BCUT2D eigenvalue weighted by molar-refractivity contribution is 6.35. The molecule has 0 amide bonds. The lowest BCUT2D eigenvalue weighted by atomic mass is 10.0. The first-order valence-corrected chi connectivity index (χ1v) is 4.55.